The summed E-state index contributed by atoms with van der Waals surface area (Å²) in [5.74, 6) is -2.32. The van der Waals surface area contributed by atoms with Gasteiger partial charge in [0.1, 0.15) is 0 Å². The molecule has 0 spiro atoms. The standard InChI is InChI=1S/C10H16N2O5/c1-3-6-8(14)11-7(13)4-12(6)5-10(2,17)9(15)16/h6,17H,3-5H2,1-2H3,(H,15,16)(H,11,13,14). The first-order chi connectivity index (χ1) is 7.77. The van der Waals surface area contributed by atoms with Crippen LogP contribution in [0.5, 0.6) is 0 Å². The molecule has 7 nitrogen and oxygen atoms in total. The van der Waals surface area contributed by atoms with Gasteiger partial charge in [0, 0.05) is 6.54 Å². The molecule has 96 valence electrons. The molecule has 3 N–H and O–H groups in total. The van der Waals surface area contributed by atoms with E-state index in [1.807, 2.05) is 0 Å². The van der Waals surface area contributed by atoms with Crippen molar-refractivity contribution in [2.24, 2.45) is 0 Å². The van der Waals surface area contributed by atoms with Gasteiger partial charge in [-0.2, -0.15) is 0 Å². The summed E-state index contributed by atoms with van der Waals surface area (Å²) in [7, 11) is 0. The Kier molecular flexibility index (Phi) is 3.84. The Balaban J connectivity index is 2.83. The number of aliphatic hydroxyl groups is 1. The van der Waals surface area contributed by atoms with E-state index in [1.54, 1.807) is 6.92 Å². The van der Waals surface area contributed by atoms with Crippen molar-refractivity contribution in [2.75, 3.05) is 13.1 Å². The number of carboxylic acid groups (broad SMARTS) is 1. The Labute approximate surface area is 98.4 Å². The number of imide groups is 1. The second-order valence-corrected chi connectivity index (χ2v) is 4.32. The van der Waals surface area contributed by atoms with Crippen LogP contribution in [0.2, 0.25) is 0 Å². The van der Waals surface area contributed by atoms with Gasteiger partial charge in [-0.1, -0.05) is 6.92 Å². The number of piperazine rings is 1. The lowest BCUT2D eigenvalue weighted by Gasteiger charge is -2.36. The maximum absolute atomic E-state index is 11.5. The molecule has 2 amide bonds. The number of carboxylic acids is 1. The molecule has 2 unspecified atom stereocenters. The largest absolute Gasteiger partial charge is 0.479 e. The van der Waals surface area contributed by atoms with Crippen molar-refractivity contribution < 1.29 is 24.6 Å². The monoisotopic (exact) mass is 244 g/mol. The highest BCUT2D eigenvalue weighted by molar-refractivity contribution is 6.01. The Hall–Kier alpha value is -1.47. The molecule has 1 saturated heterocycles. The number of aliphatic carboxylic acids is 1. The molecule has 1 aliphatic rings. The van der Waals surface area contributed by atoms with Crippen LogP contribution in [-0.2, 0) is 14.4 Å². The number of carbonyl (C=O) groups excluding carboxylic acids is 2. The number of hydrogen-bond donors (Lipinski definition) is 3. The van der Waals surface area contributed by atoms with Crippen LogP contribution >= 0.6 is 0 Å². The number of nitrogens with one attached hydrogen (secondary N) is 1. The van der Waals surface area contributed by atoms with Gasteiger partial charge in [0.05, 0.1) is 12.6 Å². The predicted molar refractivity (Wildman–Crippen MR) is 57.1 cm³/mol. The molecule has 1 fully saturated rings. The average molecular weight is 244 g/mol. The maximum atomic E-state index is 11.5. The van der Waals surface area contributed by atoms with Gasteiger partial charge in [-0.15, -0.1) is 0 Å². The quantitative estimate of drug-likeness (QED) is 0.523. The summed E-state index contributed by atoms with van der Waals surface area (Å²) in [5.41, 5.74) is -1.98. The maximum Gasteiger partial charge on any atom is 0.336 e. The third-order valence-electron chi connectivity index (χ3n) is 2.71. The molecule has 0 radical (unpaired) electrons. The summed E-state index contributed by atoms with van der Waals surface area (Å²) in [4.78, 5) is 34.9. The second kappa shape index (κ2) is 4.80. The SMILES string of the molecule is CCC1C(=O)NC(=O)CN1CC(C)(O)C(=O)O. The number of rotatable bonds is 4. The van der Waals surface area contributed by atoms with Gasteiger partial charge in [-0.3, -0.25) is 19.8 Å². The zero-order valence-corrected chi connectivity index (χ0v) is 9.77. The fraction of sp³-hybridized carbons (Fsp3) is 0.700. The van der Waals surface area contributed by atoms with E-state index in [1.165, 1.54) is 4.90 Å². The molecule has 1 rings (SSSR count). The summed E-state index contributed by atoms with van der Waals surface area (Å²) < 4.78 is 0. The topological polar surface area (TPSA) is 107 Å². The Morgan fingerprint density at radius 1 is 1.59 bits per heavy atom. The molecule has 0 aromatic heterocycles. The second-order valence-electron chi connectivity index (χ2n) is 4.32. The first-order valence-corrected chi connectivity index (χ1v) is 5.31. The Morgan fingerprint density at radius 3 is 2.65 bits per heavy atom. The van der Waals surface area contributed by atoms with Crippen molar-refractivity contribution in [1.29, 1.82) is 0 Å². The van der Waals surface area contributed by atoms with E-state index in [2.05, 4.69) is 5.32 Å². The molecular weight excluding hydrogens is 228 g/mol. The van der Waals surface area contributed by atoms with E-state index in [9.17, 15) is 19.5 Å². The van der Waals surface area contributed by atoms with Gasteiger partial charge in [-0.25, -0.2) is 4.79 Å². The summed E-state index contributed by atoms with van der Waals surface area (Å²) in [6, 6.07) is -0.585. The Bertz CT molecular complexity index is 353. The van der Waals surface area contributed by atoms with Crippen molar-refractivity contribution in [3.8, 4) is 0 Å². The van der Waals surface area contributed by atoms with E-state index >= 15 is 0 Å². The van der Waals surface area contributed by atoms with Gasteiger partial charge in [-0.05, 0) is 13.3 Å². The lowest BCUT2D eigenvalue weighted by Crippen LogP contribution is -2.61. The van der Waals surface area contributed by atoms with Crippen molar-refractivity contribution in [3.05, 3.63) is 0 Å². The van der Waals surface area contributed by atoms with Crippen LogP contribution in [0.3, 0.4) is 0 Å². The summed E-state index contributed by atoms with van der Waals surface area (Å²) in [6.45, 7) is 2.54. The van der Waals surface area contributed by atoms with Crippen LogP contribution in [0.25, 0.3) is 0 Å². The predicted octanol–water partition coefficient (Wildman–Crippen LogP) is -1.44. The van der Waals surface area contributed by atoms with Gasteiger partial charge >= 0.3 is 5.97 Å². The number of amides is 2. The molecule has 0 aliphatic carbocycles. The van der Waals surface area contributed by atoms with Crippen LogP contribution in [0.1, 0.15) is 20.3 Å². The first kappa shape index (κ1) is 13.6. The lowest BCUT2D eigenvalue weighted by atomic mass is 10.0. The van der Waals surface area contributed by atoms with Crippen LogP contribution < -0.4 is 5.32 Å². The molecule has 1 heterocycles. The van der Waals surface area contributed by atoms with E-state index in [0.29, 0.717) is 6.42 Å². The smallest absolute Gasteiger partial charge is 0.336 e. The summed E-state index contributed by atoms with van der Waals surface area (Å²) in [6.07, 6.45) is 0.439. The third kappa shape index (κ3) is 3.01. The highest BCUT2D eigenvalue weighted by atomic mass is 16.4. The van der Waals surface area contributed by atoms with E-state index in [4.69, 9.17) is 5.11 Å². The van der Waals surface area contributed by atoms with Crippen molar-refractivity contribution in [1.82, 2.24) is 10.2 Å². The van der Waals surface area contributed by atoms with Crippen LogP contribution in [-0.4, -0.2) is 57.6 Å². The lowest BCUT2D eigenvalue weighted by molar-refractivity contribution is -0.161. The van der Waals surface area contributed by atoms with Gasteiger partial charge in [0.2, 0.25) is 11.8 Å². The zero-order valence-electron chi connectivity index (χ0n) is 9.77. The van der Waals surface area contributed by atoms with Gasteiger partial charge in [0.25, 0.3) is 0 Å². The molecule has 7 heteroatoms. The minimum atomic E-state index is -1.98. The highest BCUT2D eigenvalue weighted by Gasteiger charge is 2.39. The zero-order chi connectivity index (χ0) is 13.2. The first-order valence-electron chi connectivity index (χ1n) is 5.31. The molecule has 2 atom stereocenters. The molecular formula is C10H16N2O5. The molecule has 0 bridgehead atoms. The average Bonchev–Trinajstić information content (AvgIpc) is 2.15. The van der Waals surface area contributed by atoms with Crippen LogP contribution in [0.15, 0.2) is 0 Å². The molecule has 0 saturated carbocycles. The van der Waals surface area contributed by atoms with Gasteiger partial charge < -0.3 is 10.2 Å². The van der Waals surface area contributed by atoms with E-state index < -0.39 is 29.4 Å². The minimum Gasteiger partial charge on any atom is -0.479 e. The number of hydrogen-bond acceptors (Lipinski definition) is 5. The fourth-order valence-electron chi connectivity index (χ4n) is 1.79. The summed E-state index contributed by atoms with van der Waals surface area (Å²) in [5, 5.41) is 20.6. The number of nitrogens with zero attached hydrogens (tertiary/aromatic N) is 1. The third-order valence-corrected chi connectivity index (χ3v) is 2.71. The molecule has 17 heavy (non-hydrogen) atoms. The molecule has 0 aromatic rings. The minimum absolute atomic E-state index is 0.0896. The fourth-order valence-corrected chi connectivity index (χ4v) is 1.79. The molecule has 0 aromatic carbocycles. The van der Waals surface area contributed by atoms with Crippen molar-refractivity contribution in [3.63, 3.8) is 0 Å². The number of β-amino-alcohol motifs (C(OH)–C–C–N with tert-alkyl or cyclic N) is 1. The molecule has 1 aliphatic heterocycles. The summed E-state index contributed by atoms with van der Waals surface area (Å²) >= 11 is 0. The van der Waals surface area contributed by atoms with Crippen molar-refractivity contribution in [2.45, 2.75) is 31.9 Å². The van der Waals surface area contributed by atoms with Crippen LogP contribution in [0.4, 0.5) is 0 Å². The normalized spacial score (nSPS) is 25.2. The van der Waals surface area contributed by atoms with Crippen LogP contribution in [0, 0.1) is 0 Å². The Morgan fingerprint density at radius 2 is 2.18 bits per heavy atom. The van der Waals surface area contributed by atoms with Gasteiger partial charge in [0.15, 0.2) is 5.60 Å². The van der Waals surface area contributed by atoms with Crippen molar-refractivity contribution >= 4 is 17.8 Å². The van der Waals surface area contributed by atoms with E-state index in [-0.39, 0.29) is 13.1 Å². The number of carbonyl (C=O) groups is 3. The van der Waals surface area contributed by atoms with E-state index in [0.717, 1.165) is 6.92 Å². The highest BCUT2D eigenvalue weighted by Crippen LogP contribution is 2.14.